The Morgan fingerprint density at radius 1 is 1.14 bits per heavy atom. The largest absolute Gasteiger partial charge is 0.340 e. The molecule has 2 aromatic rings. The molecule has 2 bridgehead atoms. The van der Waals surface area contributed by atoms with Crippen LogP contribution in [0.4, 0.5) is 0 Å². The smallest absolute Gasteiger partial charge is 0.250 e. The Bertz CT molecular complexity index is 1100. The van der Waals surface area contributed by atoms with E-state index in [4.69, 9.17) is 11.6 Å². The SMILES string of the molecule is CC(NS(=O)(=O)c1ccc(Cl)cc1)C(=O)N1CC2CC(C1)c1cccc(=O)n1C2. The van der Waals surface area contributed by atoms with Gasteiger partial charge in [-0.1, -0.05) is 17.7 Å². The van der Waals surface area contributed by atoms with Crippen molar-refractivity contribution in [1.29, 1.82) is 0 Å². The van der Waals surface area contributed by atoms with Gasteiger partial charge in [0.05, 0.1) is 10.9 Å². The van der Waals surface area contributed by atoms with Crippen LogP contribution < -0.4 is 10.3 Å². The van der Waals surface area contributed by atoms with E-state index >= 15 is 0 Å². The molecule has 0 aliphatic carbocycles. The van der Waals surface area contributed by atoms with Crippen molar-refractivity contribution >= 4 is 27.5 Å². The number of sulfonamides is 1. The fourth-order valence-corrected chi connectivity index (χ4v) is 5.64. The number of aromatic nitrogens is 1. The van der Waals surface area contributed by atoms with Gasteiger partial charge in [-0.3, -0.25) is 9.59 Å². The van der Waals surface area contributed by atoms with Gasteiger partial charge in [0.25, 0.3) is 5.56 Å². The summed E-state index contributed by atoms with van der Waals surface area (Å²) in [6, 6.07) is 10.1. The number of hydrogen-bond acceptors (Lipinski definition) is 4. The Balaban J connectivity index is 1.49. The van der Waals surface area contributed by atoms with Crippen LogP contribution in [-0.2, 0) is 21.4 Å². The molecule has 2 aliphatic rings. The number of nitrogens with zero attached hydrogens (tertiary/aromatic N) is 2. The van der Waals surface area contributed by atoms with Crippen LogP contribution in [0.1, 0.15) is 25.0 Å². The van der Waals surface area contributed by atoms with Crippen LogP contribution in [0.25, 0.3) is 0 Å². The lowest BCUT2D eigenvalue weighted by Crippen LogP contribution is -2.54. The molecule has 4 rings (SSSR count). The van der Waals surface area contributed by atoms with Crippen molar-refractivity contribution in [2.45, 2.75) is 36.7 Å². The molecule has 3 heterocycles. The molecule has 1 amide bonds. The van der Waals surface area contributed by atoms with Crippen LogP contribution in [0.2, 0.25) is 5.02 Å². The van der Waals surface area contributed by atoms with E-state index in [0.29, 0.717) is 24.7 Å². The summed E-state index contributed by atoms with van der Waals surface area (Å²) >= 11 is 5.81. The van der Waals surface area contributed by atoms with Crippen LogP contribution in [0.15, 0.2) is 52.2 Å². The number of likely N-dealkylation sites (tertiary alicyclic amines) is 1. The summed E-state index contributed by atoms with van der Waals surface area (Å²) in [5.74, 6) is 0.00904. The fraction of sp³-hybridized carbons (Fsp3) is 0.400. The average molecular weight is 436 g/mol. The minimum Gasteiger partial charge on any atom is -0.340 e. The van der Waals surface area contributed by atoms with Gasteiger partial charge in [-0.05, 0) is 49.6 Å². The maximum Gasteiger partial charge on any atom is 0.250 e. The Morgan fingerprint density at radius 2 is 1.86 bits per heavy atom. The first-order valence-corrected chi connectivity index (χ1v) is 11.4. The number of amides is 1. The van der Waals surface area contributed by atoms with Gasteiger partial charge in [-0.2, -0.15) is 4.72 Å². The molecule has 29 heavy (non-hydrogen) atoms. The summed E-state index contributed by atoms with van der Waals surface area (Å²) in [4.78, 5) is 26.9. The maximum absolute atomic E-state index is 13.0. The Morgan fingerprint density at radius 3 is 2.59 bits per heavy atom. The Kier molecular flexibility index (Phi) is 5.27. The number of rotatable bonds is 4. The minimum atomic E-state index is -3.83. The lowest BCUT2D eigenvalue weighted by Gasteiger charge is -2.43. The molecule has 0 spiro atoms. The van der Waals surface area contributed by atoms with Crippen LogP contribution in [0.3, 0.4) is 0 Å². The van der Waals surface area contributed by atoms with E-state index in [1.165, 1.54) is 24.3 Å². The molecular formula is C20H22ClN3O4S. The number of piperidine rings is 1. The van der Waals surface area contributed by atoms with Crippen molar-refractivity contribution < 1.29 is 13.2 Å². The third kappa shape index (κ3) is 3.97. The first kappa shape index (κ1) is 20.1. The second kappa shape index (κ2) is 7.59. The predicted octanol–water partition coefficient (Wildman–Crippen LogP) is 1.81. The lowest BCUT2D eigenvalue weighted by molar-refractivity contribution is -0.135. The molecule has 3 unspecified atom stereocenters. The topological polar surface area (TPSA) is 88.5 Å². The molecule has 154 valence electrons. The number of fused-ring (bicyclic) bond motifs is 4. The summed E-state index contributed by atoms with van der Waals surface area (Å²) in [6.07, 6.45) is 0.929. The van der Waals surface area contributed by atoms with Gasteiger partial charge in [0, 0.05) is 42.3 Å². The van der Waals surface area contributed by atoms with Crippen molar-refractivity contribution in [2.24, 2.45) is 5.92 Å². The van der Waals surface area contributed by atoms with E-state index in [0.717, 1.165) is 12.1 Å². The molecule has 1 aromatic heterocycles. The highest BCUT2D eigenvalue weighted by molar-refractivity contribution is 7.89. The van der Waals surface area contributed by atoms with Gasteiger partial charge in [-0.15, -0.1) is 0 Å². The monoisotopic (exact) mass is 435 g/mol. The zero-order valence-corrected chi connectivity index (χ0v) is 17.5. The molecule has 0 radical (unpaired) electrons. The highest BCUT2D eigenvalue weighted by atomic mass is 35.5. The highest BCUT2D eigenvalue weighted by Crippen LogP contribution is 2.35. The Hall–Kier alpha value is -2.16. The molecule has 1 aromatic carbocycles. The molecule has 0 saturated carbocycles. The van der Waals surface area contributed by atoms with Crippen LogP contribution in [0.5, 0.6) is 0 Å². The van der Waals surface area contributed by atoms with E-state index in [1.54, 1.807) is 28.5 Å². The van der Waals surface area contributed by atoms with Crippen LogP contribution in [-0.4, -0.2) is 42.9 Å². The molecule has 1 N–H and O–H groups in total. The first-order valence-electron chi connectivity index (χ1n) is 9.51. The second-order valence-electron chi connectivity index (χ2n) is 7.74. The number of benzene rings is 1. The number of hydrogen-bond donors (Lipinski definition) is 1. The quantitative estimate of drug-likeness (QED) is 0.793. The molecular weight excluding hydrogens is 414 g/mol. The van der Waals surface area contributed by atoms with E-state index in [1.807, 2.05) is 6.07 Å². The third-order valence-corrected chi connectivity index (χ3v) is 7.43. The molecule has 7 nitrogen and oxygen atoms in total. The standard InChI is InChI=1S/C20H22ClN3O4S/c1-13(22-29(27,28)17-7-5-16(21)6-8-17)20(26)23-10-14-9-15(12-23)18-3-2-4-19(25)24(18)11-14/h2-8,13-15,22H,9-12H2,1H3. The van der Waals surface area contributed by atoms with Crippen LogP contribution in [0, 0.1) is 5.92 Å². The Labute approximate surface area is 174 Å². The zero-order chi connectivity index (χ0) is 20.8. The number of halogens is 1. The number of pyridine rings is 1. The number of carbonyl (C=O) groups excluding carboxylic acids is 1. The molecule has 2 aliphatic heterocycles. The van der Waals surface area contributed by atoms with Crippen molar-refractivity contribution in [3.63, 3.8) is 0 Å². The summed E-state index contributed by atoms with van der Waals surface area (Å²) in [7, 11) is -3.83. The van der Waals surface area contributed by atoms with Gasteiger partial charge in [0.1, 0.15) is 0 Å². The van der Waals surface area contributed by atoms with Gasteiger partial charge >= 0.3 is 0 Å². The van der Waals surface area contributed by atoms with E-state index in [-0.39, 0.29) is 28.2 Å². The molecule has 3 atom stereocenters. The first-order chi connectivity index (χ1) is 13.7. The van der Waals surface area contributed by atoms with Crippen molar-refractivity contribution in [1.82, 2.24) is 14.2 Å². The van der Waals surface area contributed by atoms with Crippen LogP contribution >= 0.6 is 11.6 Å². The van der Waals surface area contributed by atoms with Gasteiger partial charge in [-0.25, -0.2) is 8.42 Å². The molecule has 1 fully saturated rings. The molecule has 1 saturated heterocycles. The van der Waals surface area contributed by atoms with E-state index in [2.05, 4.69) is 4.72 Å². The fourth-order valence-electron chi connectivity index (χ4n) is 4.32. The molecule has 9 heteroatoms. The van der Waals surface area contributed by atoms with Crippen molar-refractivity contribution in [2.75, 3.05) is 13.1 Å². The highest BCUT2D eigenvalue weighted by Gasteiger charge is 2.37. The summed E-state index contributed by atoms with van der Waals surface area (Å²) in [5.41, 5.74) is 0.932. The summed E-state index contributed by atoms with van der Waals surface area (Å²) in [6.45, 7) is 3.13. The average Bonchev–Trinajstić information content (AvgIpc) is 2.68. The predicted molar refractivity (Wildman–Crippen MR) is 109 cm³/mol. The van der Waals surface area contributed by atoms with Gasteiger partial charge in [0.15, 0.2) is 0 Å². The van der Waals surface area contributed by atoms with Crippen molar-refractivity contribution in [3.8, 4) is 0 Å². The second-order valence-corrected chi connectivity index (χ2v) is 9.89. The normalized spacial score (nSPS) is 22.1. The number of nitrogens with one attached hydrogen (secondary N) is 1. The van der Waals surface area contributed by atoms with Crippen molar-refractivity contribution in [3.05, 3.63) is 63.5 Å². The summed E-state index contributed by atoms with van der Waals surface area (Å²) in [5, 5.41) is 0.437. The van der Waals surface area contributed by atoms with E-state index < -0.39 is 16.1 Å². The zero-order valence-electron chi connectivity index (χ0n) is 15.9. The van der Waals surface area contributed by atoms with Gasteiger partial charge < -0.3 is 9.47 Å². The third-order valence-electron chi connectivity index (χ3n) is 5.62. The van der Waals surface area contributed by atoms with Gasteiger partial charge in [0.2, 0.25) is 15.9 Å². The number of carbonyl (C=O) groups is 1. The van der Waals surface area contributed by atoms with E-state index in [9.17, 15) is 18.0 Å². The maximum atomic E-state index is 13.0. The summed E-state index contributed by atoms with van der Waals surface area (Å²) < 4.78 is 29.4. The minimum absolute atomic E-state index is 0.0129. The lowest BCUT2D eigenvalue weighted by atomic mass is 9.83.